The van der Waals surface area contributed by atoms with Gasteiger partial charge < -0.3 is 24.7 Å². The predicted octanol–water partition coefficient (Wildman–Crippen LogP) is 3.90. The number of aromatic nitrogens is 3. The van der Waals surface area contributed by atoms with Gasteiger partial charge in [-0.25, -0.2) is 26.2 Å². The molecule has 19 heteroatoms. The molecule has 0 amide bonds. The van der Waals surface area contributed by atoms with Gasteiger partial charge in [-0.05, 0) is 37.8 Å². The zero-order chi connectivity index (χ0) is 39.5. The number of anilines is 1. The molecule has 0 aliphatic carbocycles. The Morgan fingerprint density at radius 3 is 1.96 bits per heavy atom. The predicted molar refractivity (Wildman–Crippen MR) is 190 cm³/mol. The SMILES string of the molecule is [C-]#[N+][C@]1(COP(=O)(N[C@@H](C)C(=O)OCC(CC)CC)N[C@@H](C)C(=O)OCC(CC)CC)O[C@@H](c2ccc3c(N)ncnn23)[C@H](OC(C)=O)[C@@H]1OC(C)=O. The fraction of sp³-hybridized carbons (Fsp3) is 0.676. The summed E-state index contributed by atoms with van der Waals surface area (Å²) >= 11 is 0. The van der Waals surface area contributed by atoms with Gasteiger partial charge in [-0.3, -0.25) is 37.8 Å². The summed E-state index contributed by atoms with van der Waals surface area (Å²) < 4.78 is 50.3. The van der Waals surface area contributed by atoms with Crippen molar-refractivity contribution in [2.45, 2.75) is 117 Å². The molecule has 0 saturated carbocycles. The van der Waals surface area contributed by atoms with Crippen molar-refractivity contribution in [2.24, 2.45) is 11.8 Å². The number of ether oxygens (including phenoxy) is 5. The van der Waals surface area contributed by atoms with Crippen LogP contribution in [0.2, 0.25) is 0 Å². The third-order valence-electron chi connectivity index (χ3n) is 9.08. The molecule has 18 nitrogen and oxygen atoms in total. The van der Waals surface area contributed by atoms with Crippen LogP contribution in [0, 0.1) is 18.4 Å². The third kappa shape index (κ3) is 11.0. The summed E-state index contributed by atoms with van der Waals surface area (Å²) in [5, 5.41) is 9.44. The van der Waals surface area contributed by atoms with Crippen LogP contribution in [0.15, 0.2) is 18.5 Å². The molecule has 2 aromatic heterocycles. The van der Waals surface area contributed by atoms with Crippen LogP contribution in [0.3, 0.4) is 0 Å². The maximum absolute atomic E-state index is 14.6. The van der Waals surface area contributed by atoms with Gasteiger partial charge in [0, 0.05) is 13.8 Å². The van der Waals surface area contributed by atoms with Crippen LogP contribution in [0.5, 0.6) is 0 Å². The quantitative estimate of drug-likeness (QED) is 0.0752. The van der Waals surface area contributed by atoms with Crippen molar-refractivity contribution in [3.8, 4) is 0 Å². The van der Waals surface area contributed by atoms with E-state index in [-0.39, 0.29) is 36.6 Å². The smallest absolute Gasteiger partial charge is 0.402 e. The number of esters is 4. The highest BCUT2D eigenvalue weighted by Crippen LogP contribution is 2.48. The Kier molecular flexibility index (Phi) is 15.7. The van der Waals surface area contributed by atoms with Gasteiger partial charge in [-0.2, -0.15) is 5.10 Å². The Balaban J connectivity index is 2.01. The van der Waals surface area contributed by atoms with Gasteiger partial charge in [0.2, 0.25) is 6.10 Å². The minimum Gasteiger partial charge on any atom is -0.464 e. The molecule has 1 aliphatic rings. The Labute approximate surface area is 309 Å². The van der Waals surface area contributed by atoms with Crippen molar-refractivity contribution in [1.82, 2.24) is 24.8 Å². The molecule has 0 unspecified atom stereocenters. The first-order chi connectivity index (χ1) is 25.1. The average molecular weight is 766 g/mol. The molecule has 6 atom stereocenters. The van der Waals surface area contributed by atoms with Crippen LogP contribution in [0.25, 0.3) is 10.4 Å². The van der Waals surface area contributed by atoms with Crippen LogP contribution in [0.1, 0.15) is 92.9 Å². The number of hydrogen-bond donors (Lipinski definition) is 3. The summed E-state index contributed by atoms with van der Waals surface area (Å²) in [5.41, 5.74) is 4.36. The van der Waals surface area contributed by atoms with E-state index in [1.165, 1.54) is 24.7 Å². The lowest BCUT2D eigenvalue weighted by molar-refractivity contribution is -0.167. The number of nitrogens with zero attached hydrogens (tertiary/aromatic N) is 4. The maximum Gasteiger partial charge on any atom is 0.402 e. The van der Waals surface area contributed by atoms with E-state index >= 15 is 0 Å². The highest BCUT2D eigenvalue weighted by Gasteiger charge is 2.67. The average Bonchev–Trinajstić information content (AvgIpc) is 3.67. The van der Waals surface area contributed by atoms with Crippen molar-refractivity contribution in [2.75, 3.05) is 25.6 Å². The van der Waals surface area contributed by atoms with Gasteiger partial charge in [-0.15, -0.1) is 0 Å². The molecule has 1 aliphatic heterocycles. The zero-order valence-electron chi connectivity index (χ0n) is 31.5. The summed E-state index contributed by atoms with van der Waals surface area (Å²) in [6.45, 7) is 20.6. The molecule has 294 valence electrons. The van der Waals surface area contributed by atoms with Crippen molar-refractivity contribution in [1.29, 1.82) is 0 Å². The van der Waals surface area contributed by atoms with Crippen LogP contribution < -0.4 is 15.9 Å². The first kappa shape index (κ1) is 43.3. The summed E-state index contributed by atoms with van der Waals surface area (Å²) in [5.74, 6) is -2.75. The molecule has 0 bridgehead atoms. The van der Waals surface area contributed by atoms with Crippen molar-refractivity contribution in [3.05, 3.63) is 35.6 Å². The monoisotopic (exact) mass is 765 g/mol. The van der Waals surface area contributed by atoms with Crippen LogP contribution in [0.4, 0.5) is 5.82 Å². The molecular weight excluding hydrogens is 713 g/mol. The molecule has 3 rings (SSSR count). The number of nitrogens with one attached hydrogen (secondary N) is 2. The molecule has 0 spiro atoms. The second-order valence-electron chi connectivity index (χ2n) is 13.0. The highest BCUT2D eigenvalue weighted by atomic mass is 31.2. The lowest BCUT2D eigenvalue weighted by atomic mass is 10.0. The maximum atomic E-state index is 14.6. The fourth-order valence-electron chi connectivity index (χ4n) is 5.69. The molecule has 0 radical (unpaired) electrons. The fourth-order valence-corrected chi connectivity index (χ4v) is 7.51. The lowest BCUT2D eigenvalue weighted by Crippen LogP contribution is -2.49. The molecule has 2 aromatic rings. The standard InChI is InChI=1S/C34H52N7O11P/c1-10-24(11-2)16-47-32(44)20(5)39-53(46,40-21(6)33(45)48-17-25(12-3)13-4)49-18-34(36-9)30(51-23(8)43)29(50-22(7)42)28(52-34)26-14-15-27-31(35)37-19-38-41(26)27/h14-15,19-21,24-25,28-30H,10-13,16-18H2,1-8H3,(H2,35,37,38)(H2,39,40,46)/t20-,21-,28-,29-,30-,34+/m0/s1. The molecule has 3 heterocycles. The summed E-state index contributed by atoms with van der Waals surface area (Å²) in [4.78, 5) is 58.5. The Bertz CT molecular complexity index is 1640. The highest BCUT2D eigenvalue weighted by molar-refractivity contribution is 7.54. The minimum absolute atomic E-state index is 0.118. The van der Waals surface area contributed by atoms with Gasteiger partial charge >= 0.3 is 37.3 Å². The van der Waals surface area contributed by atoms with Gasteiger partial charge in [0.1, 0.15) is 30.0 Å². The Morgan fingerprint density at radius 2 is 1.49 bits per heavy atom. The van der Waals surface area contributed by atoms with E-state index in [1.54, 1.807) is 12.1 Å². The van der Waals surface area contributed by atoms with Crippen LogP contribution >= 0.6 is 7.67 Å². The summed E-state index contributed by atoms with van der Waals surface area (Å²) in [7, 11) is -4.52. The molecule has 1 fully saturated rings. The van der Waals surface area contributed by atoms with Gasteiger partial charge in [0.05, 0.1) is 18.9 Å². The van der Waals surface area contributed by atoms with E-state index in [1.807, 2.05) is 27.7 Å². The topological polar surface area (TPSA) is 225 Å². The van der Waals surface area contributed by atoms with E-state index in [4.69, 9.17) is 40.5 Å². The second-order valence-corrected chi connectivity index (χ2v) is 14.8. The van der Waals surface area contributed by atoms with Gasteiger partial charge in [0.15, 0.2) is 18.5 Å². The van der Waals surface area contributed by atoms with Crippen molar-refractivity contribution in [3.63, 3.8) is 0 Å². The number of nitrogen functional groups attached to an aromatic ring is 1. The Hall–Kier alpha value is -4.14. The van der Waals surface area contributed by atoms with Crippen LogP contribution in [-0.2, 0) is 52.0 Å². The van der Waals surface area contributed by atoms with E-state index < -0.39 is 74.3 Å². The third-order valence-corrected chi connectivity index (χ3v) is 11.0. The Morgan fingerprint density at radius 1 is 0.962 bits per heavy atom. The van der Waals surface area contributed by atoms with E-state index in [0.29, 0.717) is 5.52 Å². The number of rotatable bonds is 20. The number of nitrogens with two attached hydrogens (primary N) is 1. The lowest BCUT2D eigenvalue weighted by Gasteiger charge is -2.29. The van der Waals surface area contributed by atoms with E-state index in [0.717, 1.165) is 39.5 Å². The molecule has 0 aromatic carbocycles. The van der Waals surface area contributed by atoms with Crippen molar-refractivity contribution >= 4 is 42.9 Å². The van der Waals surface area contributed by atoms with E-state index in [9.17, 15) is 23.7 Å². The number of hydrogen-bond acceptors (Lipinski definition) is 14. The summed E-state index contributed by atoms with van der Waals surface area (Å²) in [6, 6.07) is 0.688. The van der Waals surface area contributed by atoms with E-state index in [2.05, 4.69) is 25.1 Å². The minimum atomic E-state index is -4.52. The molecule has 1 saturated heterocycles. The number of fused-ring (bicyclic) bond motifs is 1. The normalized spacial score (nSPS) is 21.3. The zero-order valence-corrected chi connectivity index (χ0v) is 32.4. The summed E-state index contributed by atoms with van der Waals surface area (Å²) in [6.07, 6.45) is -0.0426. The second kappa shape index (κ2) is 19.3. The first-order valence-electron chi connectivity index (χ1n) is 17.7. The van der Waals surface area contributed by atoms with Gasteiger partial charge in [0.25, 0.3) is 0 Å². The number of carbonyl (C=O) groups excluding carboxylic acids is 4. The van der Waals surface area contributed by atoms with Crippen LogP contribution in [-0.4, -0.2) is 88.3 Å². The largest absolute Gasteiger partial charge is 0.464 e. The first-order valence-corrected chi connectivity index (χ1v) is 19.3. The molecule has 53 heavy (non-hydrogen) atoms. The van der Waals surface area contributed by atoms with Gasteiger partial charge in [-0.1, -0.05) is 53.4 Å². The molecule has 4 N–H and O–H groups in total. The number of carbonyl (C=O) groups is 4. The molecular formula is C34H52N7O11P. The van der Waals surface area contributed by atoms with Crippen molar-refractivity contribution < 1.29 is 52.0 Å².